The number of esters is 1. The highest BCUT2D eigenvalue weighted by Crippen LogP contribution is 2.39. The zero-order chi connectivity index (χ0) is 16.7. The molecule has 22 heavy (non-hydrogen) atoms. The van der Waals surface area contributed by atoms with E-state index in [0.717, 1.165) is 0 Å². The maximum atomic E-state index is 12.4. The molecule has 6 nitrogen and oxygen atoms in total. The van der Waals surface area contributed by atoms with Crippen LogP contribution in [0.5, 0.6) is 0 Å². The molecule has 1 aliphatic heterocycles. The monoisotopic (exact) mass is 306 g/mol. The number of methoxy groups -OCH3 is 1. The summed E-state index contributed by atoms with van der Waals surface area (Å²) >= 11 is 0. The predicted molar refractivity (Wildman–Crippen MR) is 82.2 cm³/mol. The molecule has 0 aliphatic carbocycles. The molecular weight excluding hydrogens is 284 g/mol. The summed E-state index contributed by atoms with van der Waals surface area (Å²) in [5, 5.41) is 0. The lowest BCUT2D eigenvalue weighted by atomic mass is 9.91. The minimum Gasteiger partial charge on any atom is -0.464 e. The Morgan fingerprint density at radius 1 is 1.27 bits per heavy atom. The number of pyridine rings is 1. The molecule has 0 unspecified atom stereocenters. The molecule has 1 amide bonds. The second kappa shape index (κ2) is 5.26. The number of anilines is 1. The van der Waals surface area contributed by atoms with Crippen molar-refractivity contribution in [1.29, 1.82) is 0 Å². The molecule has 0 saturated carbocycles. The van der Waals surface area contributed by atoms with Crippen LogP contribution < -0.4 is 4.90 Å². The number of nitrogens with zero attached hydrogens (tertiary/aromatic N) is 2. The van der Waals surface area contributed by atoms with E-state index >= 15 is 0 Å². The number of hydrogen-bond donors (Lipinski definition) is 0. The average molecular weight is 306 g/mol. The van der Waals surface area contributed by atoms with Gasteiger partial charge in [-0.2, -0.15) is 0 Å². The van der Waals surface area contributed by atoms with Crippen molar-refractivity contribution in [1.82, 2.24) is 4.98 Å². The maximum Gasteiger partial charge on any atom is 0.414 e. The first-order valence-electron chi connectivity index (χ1n) is 7.15. The molecule has 0 bridgehead atoms. The Labute approximate surface area is 130 Å². The fraction of sp³-hybridized carbons (Fsp3) is 0.562. The summed E-state index contributed by atoms with van der Waals surface area (Å²) in [6.07, 6.45) is -0.410. The fourth-order valence-corrected chi connectivity index (χ4v) is 2.42. The molecule has 120 valence electrons. The number of fused-ring (bicyclic) bond motifs is 1. The van der Waals surface area contributed by atoms with E-state index in [1.54, 1.807) is 17.0 Å². The van der Waals surface area contributed by atoms with Crippen LogP contribution in [0.2, 0.25) is 0 Å². The third kappa shape index (κ3) is 3.05. The third-order valence-corrected chi connectivity index (χ3v) is 3.37. The van der Waals surface area contributed by atoms with Crippen molar-refractivity contribution in [2.75, 3.05) is 18.6 Å². The van der Waals surface area contributed by atoms with Gasteiger partial charge in [0.15, 0.2) is 0 Å². The van der Waals surface area contributed by atoms with Gasteiger partial charge in [-0.15, -0.1) is 0 Å². The number of carbonyl (C=O) groups is 2. The van der Waals surface area contributed by atoms with Crippen LogP contribution in [0.3, 0.4) is 0 Å². The Hall–Kier alpha value is -2.11. The van der Waals surface area contributed by atoms with Crippen molar-refractivity contribution in [3.63, 3.8) is 0 Å². The summed E-state index contributed by atoms with van der Waals surface area (Å²) in [4.78, 5) is 30.0. The van der Waals surface area contributed by atoms with Gasteiger partial charge in [0.05, 0.1) is 18.5 Å². The van der Waals surface area contributed by atoms with Gasteiger partial charge in [0.1, 0.15) is 11.3 Å². The number of rotatable bonds is 1. The van der Waals surface area contributed by atoms with E-state index in [1.807, 2.05) is 34.6 Å². The zero-order valence-electron chi connectivity index (χ0n) is 13.9. The van der Waals surface area contributed by atoms with E-state index in [0.29, 0.717) is 17.9 Å². The van der Waals surface area contributed by atoms with Crippen molar-refractivity contribution >= 4 is 17.7 Å². The molecule has 0 fully saturated rings. The third-order valence-electron chi connectivity index (χ3n) is 3.37. The number of ether oxygens (including phenoxy) is 2. The second-order valence-corrected chi connectivity index (χ2v) is 7.01. The number of carbonyl (C=O) groups excluding carboxylic acids is 2. The summed E-state index contributed by atoms with van der Waals surface area (Å²) in [5.74, 6) is -0.491. The van der Waals surface area contributed by atoms with E-state index in [4.69, 9.17) is 9.47 Å². The number of hydrogen-bond acceptors (Lipinski definition) is 5. The normalized spacial score (nSPS) is 16.2. The molecule has 1 aliphatic rings. The molecule has 0 spiro atoms. The highest BCUT2D eigenvalue weighted by atomic mass is 16.6. The van der Waals surface area contributed by atoms with Gasteiger partial charge in [-0.3, -0.25) is 4.90 Å². The lowest BCUT2D eigenvalue weighted by Gasteiger charge is -2.25. The van der Waals surface area contributed by atoms with Gasteiger partial charge in [-0.05, 0) is 32.9 Å². The van der Waals surface area contributed by atoms with Crippen LogP contribution in [0.25, 0.3) is 0 Å². The van der Waals surface area contributed by atoms with E-state index in [-0.39, 0.29) is 11.1 Å². The van der Waals surface area contributed by atoms with E-state index in [9.17, 15) is 9.59 Å². The minimum atomic E-state index is -0.566. The van der Waals surface area contributed by atoms with Crippen molar-refractivity contribution in [3.8, 4) is 0 Å². The Bertz CT molecular complexity index is 617. The summed E-state index contributed by atoms with van der Waals surface area (Å²) in [6, 6.07) is 3.27. The molecule has 1 aromatic rings. The predicted octanol–water partition coefficient (Wildman–Crippen LogP) is 2.90. The Morgan fingerprint density at radius 3 is 2.45 bits per heavy atom. The molecule has 6 heteroatoms. The lowest BCUT2D eigenvalue weighted by molar-refractivity contribution is 0.0574. The molecular formula is C16H22N2O4. The summed E-state index contributed by atoms with van der Waals surface area (Å²) in [6.45, 7) is 9.88. The first-order valence-corrected chi connectivity index (χ1v) is 7.15. The molecule has 0 aromatic carbocycles. The number of amides is 1. The smallest absolute Gasteiger partial charge is 0.414 e. The summed E-state index contributed by atoms with van der Waals surface area (Å²) in [5.41, 5.74) is 0.674. The zero-order valence-corrected chi connectivity index (χ0v) is 13.9. The Morgan fingerprint density at radius 2 is 1.91 bits per heavy atom. The van der Waals surface area contributed by atoms with Gasteiger partial charge in [0.2, 0.25) is 0 Å². The number of aromatic nitrogens is 1. The standard InChI is InChI=1S/C16H22N2O4/c1-15(2,3)22-14(20)18-9-16(4,5)12-11(18)8-7-10(17-12)13(19)21-6/h7-8H,9H2,1-6H3. The van der Waals surface area contributed by atoms with Crippen LogP contribution in [0.4, 0.5) is 10.5 Å². The molecule has 0 saturated heterocycles. The highest BCUT2D eigenvalue weighted by Gasteiger charge is 2.41. The van der Waals surface area contributed by atoms with Crippen LogP contribution in [0, 0.1) is 0 Å². The van der Waals surface area contributed by atoms with E-state index in [2.05, 4.69) is 4.98 Å². The van der Waals surface area contributed by atoms with Crippen molar-refractivity contribution in [2.45, 2.75) is 45.6 Å². The fourth-order valence-electron chi connectivity index (χ4n) is 2.42. The highest BCUT2D eigenvalue weighted by molar-refractivity contribution is 5.93. The first kappa shape index (κ1) is 16.3. The second-order valence-electron chi connectivity index (χ2n) is 7.01. The first-order chi connectivity index (χ1) is 10.0. The summed E-state index contributed by atoms with van der Waals surface area (Å²) in [7, 11) is 1.31. The average Bonchev–Trinajstić information content (AvgIpc) is 2.68. The molecule has 0 N–H and O–H groups in total. The quantitative estimate of drug-likeness (QED) is 0.746. The van der Waals surface area contributed by atoms with Crippen molar-refractivity contribution < 1.29 is 19.1 Å². The van der Waals surface area contributed by atoms with E-state index < -0.39 is 17.7 Å². The minimum absolute atomic E-state index is 0.236. The van der Waals surface area contributed by atoms with Crippen LogP contribution in [-0.4, -0.2) is 36.3 Å². The van der Waals surface area contributed by atoms with Gasteiger partial charge in [0.25, 0.3) is 0 Å². The topological polar surface area (TPSA) is 68.7 Å². The molecule has 0 radical (unpaired) electrons. The SMILES string of the molecule is COC(=O)c1ccc2c(n1)C(C)(C)CN2C(=O)OC(C)(C)C. The van der Waals surface area contributed by atoms with Crippen molar-refractivity contribution in [3.05, 3.63) is 23.5 Å². The van der Waals surface area contributed by atoms with Gasteiger partial charge in [-0.1, -0.05) is 13.8 Å². The van der Waals surface area contributed by atoms with Gasteiger partial charge >= 0.3 is 12.1 Å². The Kier molecular flexibility index (Phi) is 3.89. The Balaban J connectivity index is 2.39. The molecule has 1 aromatic heterocycles. The van der Waals surface area contributed by atoms with Crippen LogP contribution in [0.15, 0.2) is 12.1 Å². The largest absolute Gasteiger partial charge is 0.464 e. The van der Waals surface area contributed by atoms with Crippen molar-refractivity contribution in [2.24, 2.45) is 0 Å². The molecule has 2 heterocycles. The van der Waals surface area contributed by atoms with Crippen LogP contribution in [0.1, 0.15) is 50.8 Å². The van der Waals surface area contributed by atoms with E-state index in [1.165, 1.54) is 7.11 Å². The van der Waals surface area contributed by atoms with Gasteiger partial charge < -0.3 is 9.47 Å². The maximum absolute atomic E-state index is 12.4. The van der Waals surface area contributed by atoms with Gasteiger partial charge in [0, 0.05) is 12.0 Å². The molecule has 0 atom stereocenters. The van der Waals surface area contributed by atoms with Crippen LogP contribution >= 0.6 is 0 Å². The summed E-state index contributed by atoms with van der Waals surface area (Å²) < 4.78 is 10.1. The molecule has 2 rings (SSSR count). The lowest BCUT2D eigenvalue weighted by Crippen LogP contribution is -2.38. The van der Waals surface area contributed by atoms with Crippen LogP contribution in [-0.2, 0) is 14.9 Å². The van der Waals surface area contributed by atoms with Gasteiger partial charge in [-0.25, -0.2) is 14.6 Å².